The van der Waals surface area contributed by atoms with E-state index in [0.29, 0.717) is 0 Å². The highest BCUT2D eigenvalue weighted by Gasteiger charge is 2.17. The monoisotopic (exact) mass is 388 g/mol. The molecule has 1 N–H and O–H groups in total. The summed E-state index contributed by atoms with van der Waals surface area (Å²) in [5.41, 5.74) is 3.98. The third-order valence-electron chi connectivity index (χ3n) is 4.53. The lowest BCUT2D eigenvalue weighted by atomic mass is 10.1. The van der Waals surface area contributed by atoms with Crippen LogP contribution in [0.15, 0.2) is 78.3 Å². The minimum Gasteiger partial charge on any atom is -0.399 e. The summed E-state index contributed by atoms with van der Waals surface area (Å²) in [6, 6.07) is 18.2. The Hall–Kier alpha value is -3.25. The van der Waals surface area contributed by atoms with Gasteiger partial charge in [-0.1, -0.05) is 42.4 Å². The summed E-state index contributed by atoms with van der Waals surface area (Å²) in [5.74, 6) is 1.05. The number of benzene rings is 1. The smallest absolute Gasteiger partial charge is 0.137 e. The second kappa shape index (κ2) is 8.19. The van der Waals surface area contributed by atoms with Crippen LogP contribution >= 0.6 is 11.3 Å². The Morgan fingerprint density at radius 1 is 1.07 bits per heavy atom. The van der Waals surface area contributed by atoms with E-state index in [1.807, 2.05) is 48.7 Å². The number of pyridine rings is 1. The molecule has 0 aliphatic rings. The van der Waals surface area contributed by atoms with Crippen LogP contribution in [0.2, 0.25) is 0 Å². The number of aromatic amines is 1. The van der Waals surface area contributed by atoms with Gasteiger partial charge in [0.1, 0.15) is 18.6 Å². The zero-order valence-corrected chi connectivity index (χ0v) is 16.5. The predicted molar refractivity (Wildman–Crippen MR) is 113 cm³/mol. The van der Waals surface area contributed by atoms with Crippen LogP contribution in [0.3, 0.4) is 0 Å². The average molecular weight is 388 g/mol. The van der Waals surface area contributed by atoms with Crippen molar-refractivity contribution in [2.45, 2.75) is 12.8 Å². The minimum atomic E-state index is 0.196. The maximum atomic E-state index is 5.09. The van der Waals surface area contributed by atoms with E-state index in [-0.39, 0.29) is 5.92 Å². The molecule has 5 nitrogen and oxygen atoms in total. The first kappa shape index (κ1) is 18.1. The number of rotatable bonds is 6. The van der Waals surface area contributed by atoms with Gasteiger partial charge in [0, 0.05) is 46.2 Å². The van der Waals surface area contributed by atoms with Gasteiger partial charge in [-0.15, -0.1) is 11.3 Å². The molecule has 0 amide bonds. The molecule has 0 saturated carbocycles. The molecule has 3 aromatic heterocycles. The molecule has 4 aromatic rings. The molecule has 0 spiro atoms. The summed E-state index contributed by atoms with van der Waals surface area (Å²) in [7, 11) is 1.57. The summed E-state index contributed by atoms with van der Waals surface area (Å²) in [4.78, 5) is 19.4. The number of hydrogen-bond donors (Lipinski definition) is 1. The zero-order chi connectivity index (χ0) is 19.3. The second-order valence-corrected chi connectivity index (χ2v) is 7.45. The second-order valence-electron chi connectivity index (χ2n) is 6.34. The number of hydrogen-bond acceptors (Lipinski definition) is 5. The molecule has 1 unspecified atom stereocenters. The van der Waals surface area contributed by atoms with Crippen molar-refractivity contribution in [3.8, 4) is 11.4 Å². The van der Waals surface area contributed by atoms with Crippen molar-refractivity contribution < 1.29 is 4.84 Å². The normalized spacial score (nSPS) is 12.7. The van der Waals surface area contributed by atoms with E-state index in [4.69, 9.17) is 4.84 Å². The summed E-state index contributed by atoms with van der Waals surface area (Å²) < 4.78 is 0. The van der Waals surface area contributed by atoms with Gasteiger partial charge in [0.2, 0.25) is 0 Å². The van der Waals surface area contributed by atoms with Gasteiger partial charge in [-0.3, -0.25) is 4.98 Å². The number of nitrogens with zero attached hydrogens (tertiary/aromatic N) is 3. The summed E-state index contributed by atoms with van der Waals surface area (Å²) in [6.45, 7) is 2.18. The Morgan fingerprint density at radius 2 is 1.86 bits per heavy atom. The molecule has 0 aliphatic heterocycles. The number of imidazole rings is 1. The van der Waals surface area contributed by atoms with E-state index >= 15 is 0 Å². The highest BCUT2D eigenvalue weighted by atomic mass is 32.1. The van der Waals surface area contributed by atoms with Gasteiger partial charge in [0.05, 0.1) is 4.88 Å². The third kappa shape index (κ3) is 3.73. The first-order valence-corrected chi connectivity index (χ1v) is 9.80. The van der Waals surface area contributed by atoms with E-state index in [2.05, 4.69) is 39.2 Å². The molecule has 4 rings (SSSR count). The van der Waals surface area contributed by atoms with Crippen molar-refractivity contribution in [2.75, 3.05) is 7.11 Å². The van der Waals surface area contributed by atoms with Crippen molar-refractivity contribution >= 4 is 17.0 Å². The van der Waals surface area contributed by atoms with Crippen LogP contribution in [0, 0.1) is 0 Å². The predicted octanol–water partition coefficient (Wildman–Crippen LogP) is 5.08. The van der Waals surface area contributed by atoms with Gasteiger partial charge in [-0.25, -0.2) is 4.98 Å². The van der Waals surface area contributed by atoms with Crippen LogP contribution < -0.4 is 0 Å². The molecule has 28 heavy (non-hydrogen) atoms. The molecule has 0 aliphatic carbocycles. The van der Waals surface area contributed by atoms with Crippen LogP contribution in [0.25, 0.3) is 11.4 Å². The molecule has 0 radical (unpaired) electrons. The van der Waals surface area contributed by atoms with E-state index in [1.165, 1.54) is 4.88 Å². The zero-order valence-electron chi connectivity index (χ0n) is 15.7. The van der Waals surface area contributed by atoms with Gasteiger partial charge in [-0.2, -0.15) is 0 Å². The van der Waals surface area contributed by atoms with E-state index in [1.54, 1.807) is 30.8 Å². The lowest BCUT2D eigenvalue weighted by Crippen LogP contribution is -2.01. The average Bonchev–Trinajstić information content (AvgIpc) is 3.43. The fourth-order valence-electron chi connectivity index (χ4n) is 3.01. The Morgan fingerprint density at radius 3 is 2.61 bits per heavy atom. The Bertz CT molecular complexity index is 1070. The van der Waals surface area contributed by atoms with Crippen LogP contribution in [0.5, 0.6) is 0 Å². The van der Waals surface area contributed by atoms with Crippen molar-refractivity contribution in [1.82, 2.24) is 15.0 Å². The summed E-state index contributed by atoms with van der Waals surface area (Å²) in [5, 5.41) is 4.25. The summed E-state index contributed by atoms with van der Waals surface area (Å²) >= 11 is 1.72. The Kier molecular flexibility index (Phi) is 5.30. The Balaban J connectivity index is 1.60. The topological polar surface area (TPSA) is 63.2 Å². The molecule has 6 heteroatoms. The fourth-order valence-corrected chi connectivity index (χ4v) is 4.09. The maximum Gasteiger partial charge on any atom is 0.137 e. The first-order valence-electron chi connectivity index (χ1n) is 8.98. The molecule has 0 saturated heterocycles. The molecule has 1 aromatic carbocycles. The fraction of sp³-hybridized carbons (Fsp3) is 0.136. The maximum absolute atomic E-state index is 5.09. The van der Waals surface area contributed by atoms with E-state index < -0.39 is 0 Å². The van der Waals surface area contributed by atoms with Crippen molar-refractivity contribution in [1.29, 1.82) is 0 Å². The molecule has 3 heterocycles. The molecule has 140 valence electrons. The molecular weight excluding hydrogens is 368 g/mol. The van der Waals surface area contributed by atoms with E-state index in [9.17, 15) is 0 Å². The van der Waals surface area contributed by atoms with Crippen LogP contribution in [0.1, 0.15) is 33.9 Å². The third-order valence-corrected chi connectivity index (χ3v) is 5.81. The van der Waals surface area contributed by atoms with Crippen LogP contribution in [-0.4, -0.2) is 27.8 Å². The number of aromatic nitrogens is 3. The minimum absolute atomic E-state index is 0.196. The molecule has 1 atom stereocenters. The first-order chi connectivity index (χ1) is 13.8. The standard InChI is InChI=1S/C22H20N4OS/c1-15(18-14-24-22(25-18)17-10-12-23-13-11-17)19-8-9-20(28-19)21(26-27-2)16-6-4-3-5-7-16/h3-15H,1-2H3,(H,24,25). The Labute approximate surface area is 167 Å². The lowest BCUT2D eigenvalue weighted by molar-refractivity contribution is 0.214. The van der Waals surface area contributed by atoms with Crippen LogP contribution in [-0.2, 0) is 4.84 Å². The van der Waals surface area contributed by atoms with E-state index in [0.717, 1.165) is 33.2 Å². The van der Waals surface area contributed by atoms with Crippen molar-refractivity contribution in [3.63, 3.8) is 0 Å². The van der Waals surface area contributed by atoms with Crippen molar-refractivity contribution in [2.24, 2.45) is 5.16 Å². The SMILES string of the molecule is CON=C(c1ccccc1)c1ccc(C(C)c2cnc(-c3ccncc3)[nH]2)s1. The number of nitrogens with one attached hydrogen (secondary N) is 1. The highest BCUT2D eigenvalue weighted by molar-refractivity contribution is 7.14. The van der Waals surface area contributed by atoms with Gasteiger partial charge in [0.25, 0.3) is 0 Å². The lowest BCUT2D eigenvalue weighted by Gasteiger charge is -2.07. The number of oxime groups is 1. The molecular formula is C22H20N4OS. The summed E-state index contributed by atoms with van der Waals surface area (Å²) in [6.07, 6.45) is 5.45. The molecule has 0 bridgehead atoms. The number of thiophene rings is 1. The molecule has 0 fully saturated rings. The van der Waals surface area contributed by atoms with Gasteiger partial charge in [-0.05, 0) is 24.3 Å². The van der Waals surface area contributed by atoms with Crippen LogP contribution in [0.4, 0.5) is 0 Å². The van der Waals surface area contributed by atoms with Crippen molar-refractivity contribution in [3.05, 3.63) is 94.2 Å². The number of H-pyrrole nitrogens is 1. The van der Waals surface area contributed by atoms with Gasteiger partial charge >= 0.3 is 0 Å². The van der Waals surface area contributed by atoms with Gasteiger partial charge < -0.3 is 9.82 Å². The largest absolute Gasteiger partial charge is 0.399 e. The van der Waals surface area contributed by atoms with Gasteiger partial charge in [0.15, 0.2) is 0 Å². The quantitative estimate of drug-likeness (QED) is 0.370. The highest BCUT2D eigenvalue weighted by Crippen LogP contribution is 2.31.